The first kappa shape index (κ1) is 17.0. The van der Waals surface area contributed by atoms with E-state index in [2.05, 4.69) is 21.2 Å². The summed E-state index contributed by atoms with van der Waals surface area (Å²) in [5.41, 5.74) is 1.10. The van der Waals surface area contributed by atoms with Gasteiger partial charge in [0.2, 0.25) is 0 Å². The Morgan fingerprint density at radius 1 is 1.40 bits per heavy atom. The number of nitrogens with one attached hydrogen (secondary N) is 1. The van der Waals surface area contributed by atoms with Gasteiger partial charge < -0.3 is 15.3 Å². The number of rotatable bonds is 8. The molecule has 112 valence electrons. The highest BCUT2D eigenvalue weighted by Crippen LogP contribution is 2.21. The molecule has 0 aliphatic heterocycles. The summed E-state index contributed by atoms with van der Waals surface area (Å²) in [5, 5.41) is 13.3. The molecular formula is C13H19BrN2O3S. The Bertz CT molecular complexity index is 451. The number of nitrogens with zero attached hydrogens (tertiary/aromatic N) is 1. The van der Waals surface area contributed by atoms with Crippen molar-refractivity contribution in [2.45, 2.75) is 32.2 Å². The number of amides is 2. The topological polar surface area (TPSA) is 69.6 Å². The summed E-state index contributed by atoms with van der Waals surface area (Å²) in [4.78, 5) is 23.8. The maximum Gasteiger partial charge on any atom is 0.317 e. The number of unbranched alkanes of at least 4 members (excludes halogenated alkanes) is 2. The van der Waals surface area contributed by atoms with Crippen molar-refractivity contribution >= 4 is 39.3 Å². The highest BCUT2D eigenvalue weighted by atomic mass is 79.9. The molecule has 0 aliphatic rings. The van der Waals surface area contributed by atoms with Gasteiger partial charge in [-0.25, -0.2) is 4.79 Å². The number of carboxylic acids is 1. The molecule has 1 aromatic heterocycles. The van der Waals surface area contributed by atoms with Crippen LogP contribution in [0.5, 0.6) is 0 Å². The number of carboxylic acid groups (broad SMARTS) is 1. The van der Waals surface area contributed by atoms with E-state index >= 15 is 0 Å². The van der Waals surface area contributed by atoms with Crippen LogP contribution in [0.1, 0.15) is 31.2 Å². The largest absolute Gasteiger partial charge is 0.481 e. The third kappa shape index (κ3) is 6.91. The molecule has 1 heterocycles. The first-order chi connectivity index (χ1) is 9.49. The van der Waals surface area contributed by atoms with Crippen LogP contribution in [0.2, 0.25) is 0 Å². The predicted molar refractivity (Wildman–Crippen MR) is 83.0 cm³/mol. The van der Waals surface area contributed by atoms with Gasteiger partial charge in [0.1, 0.15) is 0 Å². The van der Waals surface area contributed by atoms with E-state index in [9.17, 15) is 9.59 Å². The second-order valence-electron chi connectivity index (χ2n) is 4.55. The molecule has 0 atom stereocenters. The molecule has 0 saturated carbocycles. The highest BCUT2D eigenvalue weighted by Gasteiger charge is 2.09. The van der Waals surface area contributed by atoms with Crippen LogP contribution in [-0.2, 0) is 11.3 Å². The Balaban J connectivity index is 2.14. The minimum Gasteiger partial charge on any atom is -0.481 e. The van der Waals surface area contributed by atoms with Crippen LogP contribution in [0.3, 0.4) is 0 Å². The van der Waals surface area contributed by atoms with Gasteiger partial charge in [-0.3, -0.25) is 4.79 Å². The molecule has 2 N–H and O–H groups in total. The van der Waals surface area contributed by atoms with E-state index < -0.39 is 5.97 Å². The van der Waals surface area contributed by atoms with Gasteiger partial charge in [0.15, 0.2) is 0 Å². The second-order valence-corrected chi connectivity index (χ2v) is 6.84. The van der Waals surface area contributed by atoms with Crippen LogP contribution in [0.4, 0.5) is 4.79 Å². The van der Waals surface area contributed by atoms with Crippen LogP contribution in [0, 0.1) is 0 Å². The molecule has 0 aromatic carbocycles. The fourth-order valence-electron chi connectivity index (χ4n) is 1.68. The van der Waals surface area contributed by atoms with Crippen molar-refractivity contribution in [3.05, 3.63) is 20.8 Å². The molecule has 0 radical (unpaired) electrons. The average molecular weight is 363 g/mol. The standard InChI is InChI=1S/C13H19BrN2O3S/c1-16(8-10-7-11(14)20-9-10)13(19)15-6-4-2-3-5-12(17)18/h7,9H,2-6,8H2,1H3,(H,15,19)(H,17,18). The van der Waals surface area contributed by atoms with E-state index in [1.807, 2.05) is 11.4 Å². The van der Waals surface area contributed by atoms with Gasteiger partial charge in [0.25, 0.3) is 0 Å². The summed E-state index contributed by atoms with van der Waals surface area (Å²) in [6.07, 6.45) is 2.47. The van der Waals surface area contributed by atoms with Crippen LogP contribution < -0.4 is 5.32 Å². The van der Waals surface area contributed by atoms with Crippen molar-refractivity contribution in [1.29, 1.82) is 0 Å². The Hall–Kier alpha value is -1.08. The van der Waals surface area contributed by atoms with E-state index in [0.717, 1.165) is 22.2 Å². The smallest absolute Gasteiger partial charge is 0.317 e. The summed E-state index contributed by atoms with van der Waals surface area (Å²) < 4.78 is 1.06. The van der Waals surface area contributed by atoms with Crippen molar-refractivity contribution < 1.29 is 14.7 Å². The van der Waals surface area contributed by atoms with E-state index in [0.29, 0.717) is 19.5 Å². The quantitative estimate of drug-likeness (QED) is 0.697. The van der Waals surface area contributed by atoms with Crippen LogP contribution >= 0.6 is 27.3 Å². The Morgan fingerprint density at radius 3 is 2.75 bits per heavy atom. The molecule has 0 saturated heterocycles. The fraction of sp³-hybridized carbons (Fsp3) is 0.538. The Kier molecular flexibility index (Phi) is 7.61. The van der Waals surface area contributed by atoms with E-state index in [1.165, 1.54) is 0 Å². The van der Waals surface area contributed by atoms with Crippen molar-refractivity contribution in [3.8, 4) is 0 Å². The van der Waals surface area contributed by atoms with Crippen molar-refractivity contribution in [2.75, 3.05) is 13.6 Å². The zero-order chi connectivity index (χ0) is 15.0. The van der Waals surface area contributed by atoms with Gasteiger partial charge in [-0.2, -0.15) is 0 Å². The number of carbonyl (C=O) groups excluding carboxylic acids is 1. The summed E-state index contributed by atoms with van der Waals surface area (Å²) in [6, 6.07) is 1.89. The number of hydrogen-bond acceptors (Lipinski definition) is 3. The zero-order valence-electron chi connectivity index (χ0n) is 11.4. The Morgan fingerprint density at radius 2 is 2.15 bits per heavy atom. The number of aliphatic carboxylic acids is 1. The molecule has 2 amide bonds. The molecule has 0 bridgehead atoms. The number of carbonyl (C=O) groups is 2. The SMILES string of the molecule is CN(Cc1csc(Br)c1)C(=O)NCCCCCC(=O)O. The van der Waals surface area contributed by atoms with Crippen molar-refractivity contribution in [1.82, 2.24) is 10.2 Å². The average Bonchev–Trinajstić information content (AvgIpc) is 2.78. The maximum atomic E-state index is 11.8. The first-order valence-corrected chi connectivity index (χ1v) is 8.10. The number of hydrogen-bond donors (Lipinski definition) is 2. The monoisotopic (exact) mass is 362 g/mol. The lowest BCUT2D eigenvalue weighted by molar-refractivity contribution is -0.137. The molecule has 7 heteroatoms. The molecule has 1 rings (SSSR count). The van der Waals surface area contributed by atoms with Crippen LogP contribution in [0.25, 0.3) is 0 Å². The molecule has 0 aliphatic carbocycles. The zero-order valence-corrected chi connectivity index (χ0v) is 13.8. The number of urea groups is 1. The molecule has 0 spiro atoms. The summed E-state index contributed by atoms with van der Waals surface area (Å²) in [7, 11) is 1.76. The number of halogens is 1. The summed E-state index contributed by atoms with van der Waals surface area (Å²) >= 11 is 4.99. The first-order valence-electron chi connectivity index (χ1n) is 6.42. The Labute approximate surface area is 131 Å². The van der Waals surface area contributed by atoms with Gasteiger partial charge in [-0.05, 0) is 45.8 Å². The number of thiophene rings is 1. The highest BCUT2D eigenvalue weighted by molar-refractivity contribution is 9.11. The van der Waals surface area contributed by atoms with Gasteiger partial charge in [-0.1, -0.05) is 6.42 Å². The second kappa shape index (κ2) is 8.97. The third-order valence-electron chi connectivity index (χ3n) is 2.73. The van der Waals surface area contributed by atoms with Gasteiger partial charge in [-0.15, -0.1) is 11.3 Å². The lowest BCUT2D eigenvalue weighted by atomic mass is 10.2. The fourth-order valence-corrected chi connectivity index (χ4v) is 2.88. The third-order valence-corrected chi connectivity index (χ3v) is 4.29. The molecular weight excluding hydrogens is 344 g/mol. The van der Waals surface area contributed by atoms with E-state index in [4.69, 9.17) is 5.11 Å². The van der Waals surface area contributed by atoms with E-state index in [1.54, 1.807) is 23.3 Å². The summed E-state index contributed by atoms with van der Waals surface area (Å²) in [5.74, 6) is -0.768. The predicted octanol–water partition coefficient (Wildman–Crippen LogP) is 3.30. The van der Waals surface area contributed by atoms with Gasteiger partial charge >= 0.3 is 12.0 Å². The van der Waals surface area contributed by atoms with E-state index in [-0.39, 0.29) is 12.5 Å². The molecule has 0 fully saturated rings. The van der Waals surface area contributed by atoms with Crippen molar-refractivity contribution in [3.63, 3.8) is 0 Å². The van der Waals surface area contributed by atoms with Gasteiger partial charge in [0, 0.05) is 26.6 Å². The van der Waals surface area contributed by atoms with Crippen LogP contribution in [-0.4, -0.2) is 35.6 Å². The molecule has 0 unspecified atom stereocenters. The van der Waals surface area contributed by atoms with Crippen LogP contribution in [0.15, 0.2) is 15.2 Å². The lowest BCUT2D eigenvalue weighted by Gasteiger charge is -2.17. The van der Waals surface area contributed by atoms with Crippen molar-refractivity contribution in [2.24, 2.45) is 0 Å². The van der Waals surface area contributed by atoms with Gasteiger partial charge in [0.05, 0.1) is 3.79 Å². The molecule has 5 nitrogen and oxygen atoms in total. The summed E-state index contributed by atoms with van der Waals surface area (Å²) in [6.45, 7) is 1.16. The maximum absolute atomic E-state index is 11.8. The normalized spacial score (nSPS) is 10.3. The minimum atomic E-state index is -0.768. The molecule has 20 heavy (non-hydrogen) atoms. The minimum absolute atomic E-state index is 0.106. The lowest BCUT2D eigenvalue weighted by Crippen LogP contribution is -2.37. The molecule has 1 aromatic rings.